The summed E-state index contributed by atoms with van der Waals surface area (Å²) in [4.78, 5) is 58.9. The average molecular weight is 504 g/mol. The van der Waals surface area contributed by atoms with Crippen molar-refractivity contribution < 1.29 is 38.9 Å². The van der Waals surface area contributed by atoms with E-state index in [2.05, 4.69) is 10.1 Å². The van der Waals surface area contributed by atoms with Crippen molar-refractivity contribution in [1.82, 2.24) is 5.32 Å². The largest absolute Gasteiger partial charge is 0.428 e. The number of ether oxygens (including phenoxy) is 1. The van der Waals surface area contributed by atoms with Gasteiger partial charge in [-0.3, -0.25) is 24.5 Å². The molecular formula is C27H37NO8. The van der Waals surface area contributed by atoms with Gasteiger partial charge in [0.2, 0.25) is 18.1 Å². The summed E-state index contributed by atoms with van der Waals surface area (Å²) in [6.45, 7) is 3.29. The third-order valence-electron chi connectivity index (χ3n) is 6.42. The summed E-state index contributed by atoms with van der Waals surface area (Å²) in [6, 6.07) is 0. The van der Waals surface area contributed by atoms with Crippen LogP contribution in [0.3, 0.4) is 0 Å². The number of cyclic esters (lactones) is 1. The van der Waals surface area contributed by atoms with Crippen LogP contribution in [0, 0.1) is 11.8 Å². The molecule has 0 spiro atoms. The van der Waals surface area contributed by atoms with Crippen molar-refractivity contribution in [2.75, 3.05) is 0 Å². The molecule has 0 aromatic rings. The Bertz CT molecular complexity index is 916. The molecule has 2 heterocycles. The monoisotopic (exact) mass is 503 g/mol. The number of carbonyl (C=O) groups is 5. The molecule has 1 unspecified atom stereocenters. The van der Waals surface area contributed by atoms with Crippen LogP contribution in [0.15, 0.2) is 35.5 Å². The fraction of sp³-hybridized carbons (Fsp3) is 0.593. The lowest BCUT2D eigenvalue weighted by molar-refractivity contribution is -0.152. The van der Waals surface area contributed by atoms with Gasteiger partial charge in [0.05, 0.1) is 6.10 Å². The lowest BCUT2D eigenvalue weighted by Crippen LogP contribution is -2.39. The van der Waals surface area contributed by atoms with E-state index in [1.54, 1.807) is 13.0 Å². The van der Waals surface area contributed by atoms with E-state index in [4.69, 9.17) is 0 Å². The molecule has 3 N–H and O–H groups in total. The quantitative estimate of drug-likeness (QED) is 0.102. The van der Waals surface area contributed by atoms with Crippen molar-refractivity contribution in [1.29, 1.82) is 0 Å². The number of unbranched alkanes of at least 4 members (excludes halogenated alkanes) is 4. The minimum absolute atomic E-state index is 0.0113. The Labute approximate surface area is 211 Å². The maximum atomic E-state index is 12.3. The van der Waals surface area contributed by atoms with Gasteiger partial charge in [-0.1, -0.05) is 44.1 Å². The second kappa shape index (κ2) is 14.6. The number of hydrogen-bond acceptors (Lipinski definition) is 8. The summed E-state index contributed by atoms with van der Waals surface area (Å²) in [6.07, 6.45) is 10.4. The van der Waals surface area contributed by atoms with Gasteiger partial charge in [-0.15, -0.1) is 0 Å². The third kappa shape index (κ3) is 9.62. The van der Waals surface area contributed by atoms with Gasteiger partial charge in [0.1, 0.15) is 11.4 Å². The first-order valence-corrected chi connectivity index (χ1v) is 12.6. The van der Waals surface area contributed by atoms with E-state index in [0.29, 0.717) is 6.42 Å². The lowest BCUT2D eigenvalue weighted by atomic mass is 9.88. The molecule has 0 aliphatic carbocycles. The Kier molecular flexibility index (Phi) is 11.9. The van der Waals surface area contributed by atoms with Crippen molar-refractivity contribution in [3.63, 3.8) is 0 Å². The van der Waals surface area contributed by atoms with Crippen LogP contribution in [0.25, 0.3) is 0 Å². The highest BCUT2D eigenvalue weighted by Crippen LogP contribution is 2.23. The molecule has 1 saturated heterocycles. The van der Waals surface area contributed by atoms with Gasteiger partial charge >= 0.3 is 5.97 Å². The van der Waals surface area contributed by atoms with Gasteiger partial charge in [-0.25, -0.2) is 4.79 Å². The SMILES string of the molecule is CC1=C(C(=O)CCCCCC/C=C/C=C/[C@H](C)C(=O)C[C@H](O)CC2CC(=O)NC(=O)C2)C(=O)OC1O. The Balaban J connectivity index is 1.56. The molecule has 0 saturated carbocycles. The van der Waals surface area contributed by atoms with Gasteiger partial charge in [-0.05, 0) is 38.5 Å². The van der Waals surface area contributed by atoms with Crippen LogP contribution in [0.4, 0.5) is 0 Å². The standard InChI is InChI=1S/C27H37NO8/c1-17(22(31)16-20(29)13-19-14-23(32)28-24(33)15-19)11-9-7-5-3-4-6-8-10-12-21(30)25-18(2)26(34)36-27(25)35/h5,7,9,11,17,19-20,26,29,34H,3-4,6,8,10,12-16H2,1-2H3,(H,28,32,33)/b7-5+,11-9+/t17-,20+,26?/m0/s1. The molecule has 2 aliphatic heterocycles. The summed E-state index contributed by atoms with van der Waals surface area (Å²) in [7, 11) is 0. The van der Waals surface area contributed by atoms with E-state index in [9.17, 15) is 34.2 Å². The predicted octanol–water partition coefficient (Wildman–Crippen LogP) is 2.60. The van der Waals surface area contributed by atoms with Crippen LogP contribution < -0.4 is 5.32 Å². The molecule has 9 heteroatoms. The number of carbonyl (C=O) groups excluding carboxylic acids is 5. The maximum Gasteiger partial charge on any atom is 0.344 e. The summed E-state index contributed by atoms with van der Waals surface area (Å²) < 4.78 is 4.63. The molecule has 0 bridgehead atoms. The van der Waals surface area contributed by atoms with E-state index >= 15 is 0 Å². The van der Waals surface area contributed by atoms with Gasteiger partial charge in [-0.2, -0.15) is 0 Å². The van der Waals surface area contributed by atoms with Gasteiger partial charge in [0.25, 0.3) is 0 Å². The number of aliphatic hydroxyl groups is 2. The first-order valence-electron chi connectivity index (χ1n) is 12.6. The molecule has 2 amide bonds. The van der Waals surface area contributed by atoms with Crippen molar-refractivity contribution >= 4 is 29.4 Å². The molecule has 36 heavy (non-hydrogen) atoms. The molecule has 2 aliphatic rings. The van der Waals surface area contributed by atoms with E-state index in [-0.39, 0.29) is 78.5 Å². The minimum Gasteiger partial charge on any atom is -0.428 e. The van der Waals surface area contributed by atoms with E-state index < -0.39 is 18.4 Å². The van der Waals surface area contributed by atoms with Crippen molar-refractivity contribution in [2.45, 2.75) is 90.4 Å². The second-order valence-electron chi connectivity index (χ2n) is 9.60. The normalized spacial score (nSPS) is 20.8. The summed E-state index contributed by atoms with van der Waals surface area (Å²) in [5.41, 5.74) is 0.261. The molecule has 9 nitrogen and oxygen atoms in total. The number of rotatable bonds is 15. The van der Waals surface area contributed by atoms with Crippen LogP contribution in [-0.2, 0) is 28.7 Å². The number of Topliss-reactive ketones (excluding diaryl/α,β-unsaturated/α-hetero) is 2. The summed E-state index contributed by atoms with van der Waals surface area (Å²) in [5.74, 6) is -2.39. The highest BCUT2D eigenvalue weighted by Gasteiger charge is 2.33. The number of nitrogens with one attached hydrogen (secondary N) is 1. The number of aliphatic hydroxyl groups excluding tert-OH is 2. The van der Waals surface area contributed by atoms with Crippen molar-refractivity contribution in [3.8, 4) is 0 Å². The van der Waals surface area contributed by atoms with E-state index in [1.165, 1.54) is 6.92 Å². The van der Waals surface area contributed by atoms with Crippen molar-refractivity contribution in [2.24, 2.45) is 11.8 Å². The maximum absolute atomic E-state index is 12.3. The summed E-state index contributed by atoms with van der Waals surface area (Å²) >= 11 is 0. The van der Waals surface area contributed by atoms with Crippen LogP contribution >= 0.6 is 0 Å². The van der Waals surface area contributed by atoms with Crippen molar-refractivity contribution in [3.05, 3.63) is 35.5 Å². The Morgan fingerprint density at radius 2 is 1.75 bits per heavy atom. The molecule has 198 valence electrons. The molecular weight excluding hydrogens is 466 g/mol. The Morgan fingerprint density at radius 1 is 1.08 bits per heavy atom. The lowest BCUT2D eigenvalue weighted by Gasteiger charge is -2.23. The first-order chi connectivity index (χ1) is 17.1. The van der Waals surface area contributed by atoms with Gasteiger partial charge in [0.15, 0.2) is 5.78 Å². The number of piperidine rings is 1. The molecule has 0 aromatic heterocycles. The smallest absolute Gasteiger partial charge is 0.344 e. The molecule has 2 rings (SSSR count). The highest BCUT2D eigenvalue weighted by atomic mass is 16.6. The van der Waals surface area contributed by atoms with Crippen LogP contribution in [0.1, 0.15) is 78.1 Å². The Hall–Kier alpha value is -2.91. The van der Waals surface area contributed by atoms with Crippen LogP contribution in [0.2, 0.25) is 0 Å². The highest BCUT2D eigenvalue weighted by molar-refractivity contribution is 6.19. The molecule has 0 aromatic carbocycles. The minimum atomic E-state index is -1.31. The number of allylic oxidation sites excluding steroid dienone is 4. The van der Waals surface area contributed by atoms with E-state index in [0.717, 1.165) is 25.7 Å². The third-order valence-corrected chi connectivity index (χ3v) is 6.42. The fourth-order valence-electron chi connectivity index (χ4n) is 4.31. The van der Waals surface area contributed by atoms with Crippen LogP contribution in [-0.4, -0.2) is 52.0 Å². The van der Waals surface area contributed by atoms with Gasteiger partial charge < -0.3 is 14.9 Å². The number of imide groups is 1. The van der Waals surface area contributed by atoms with E-state index in [1.807, 2.05) is 18.2 Å². The topological polar surface area (TPSA) is 147 Å². The predicted molar refractivity (Wildman–Crippen MR) is 131 cm³/mol. The molecule has 0 radical (unpaired) electrons. The summed E-state index contributed by atoms with van der Waals surface area (Å²) in [5, 5.41) is 21.9. The average Bonchev–Trinajstić information content (AvgIpc) is 3.04. The molecule has 3 atom stereocenters. The number of esters is 1. The zero-order valence-electron chi connectivity index (χ0n) is 21.0. The second-order valence-corrected chi connectivity index (χ2v) is 9.60. The zero-order chi connectivity index (χ0) is 26.7. The molecule has 1 fully saturated rings. The Morgan fingerprint density at radius 3 is 2.39 bits per heavy atom. The van der Waals surface area contributed by atoms with Crippen LogP contribution in [0.5, 0.6) is 0 Å². The number of hydrogen-bond donors (Lipinski definition) is 3. The zero-order valence-corrected chi connectivity index (χ0v) is 21.0. The first kappa shape index (κ1) is 29.3. The number of amides is 2. The fourth-order valence-corrected chi connectivity index (χ4v) is 4.31. The van der Waals surface area contributed by atoms with Gasteiger partial charge in [0, 0.05) is 37.2 Å². The number of ketones is 2.